The molecule has 0 aromatic carbocycles. The van der Waals surface area contributed by atoms with Crippen molar-refractivity contribution < 1.29 is 4.74 Å². The lowest BCUT2D eigenvalue weighted by Crippen LogP contribution is -2.70. The Kier molecular flexibility index (Phi) is 4.78. The van der Waals surface area contributed by atoms with Crippen LogP contribution in [0.5, 0.6) is 0 Å². The summed E-state index contributed by atoms with van der Waals surface area (Å²) in [5.41, 5.74) is 1.43. The molecule has 0 unspecified atom stereocenters. The van der Waals surface area contributed by atoms with Gasteiger partial charge in [0, 0.05) is 6.42 Å². The highest BCUT2D eigenvalue weighted by Gasteiger charge is 2.69. The van der Waals surface area contributed by atoms with Crippen molar-refractivity contribution >= 4 is 0 Å². The molecule has 4 saturated carbocycles. The molecule has 2 bridgehead atoms. The van der Waals surface area contributed by atoms with E-state index in [1.165, 1.54) is 77.0 Å². The Bertz CT molecular complexity index is 589. The first-order valence-electron chi connectivity index (χ1n) is 13.0. The second kappa shape index (κ2) is 6.73. The zero-order valence-electron chi connectivity index (χ0n) is 19.4. The van der Waals surface area contributed by atoms with Gasteiger partial charge in [0.25, 0.3) is 0 Å². The number of fused-ring (bicyclic) bond motifs is 4. The molecule has 0 amide bonds. The van der Waals surface area contributed by atoms with Crippen LogP contribution < -0.4 is 0 Å². The highest BCUT2D eigenvalue weighted by molar-refractivity contribution is 5.18. The Hall–Kier alpha value is -0.0400. The van der Waals surface area contributed by atoms with Gasteiger partial charge in [-0.25, -0.2) is 0 Å². The van der Waals surface area contributed by atoms with E-state index in [4.69, 9.17) is 4.74 Å². The summed E-state index contributed by atoms with van der Waals surface area (Å²) in [6, 6.07) is 0. The van der Waals surface area contributed by atoms with Gasteiger partial charge in [-0.3, -0.25) is 0 Å². The molecule has 1 spiro atoms. The smallest absolute Gasteiger partial charge is 0.0767 e. The minimum atomic E-state index is 0.299. The van der Waals surface area contributed by atoms with Gasteiger partial charge in [0.1, 0.15) is 0 Å². The van der Waals surface area contributed by atoms with Crippen molar-refractivity contribution in [2.45, 2.75) is 123 Å². The van der Waals surface area contributed by atoms with Crippen LogP contribution in [0.4, 0.5) is 0 Å². The normalized spacial score (nSPS) is 53.1. The Morgan fingerprint density at radius 3 is 2.39 bits per heavy atom. The van der Waals surface area contributed by atoms with Crippen LogP contribution >= 0.6 is 0 Å². The van der Waals surface area contributed by atoms with E-state index in [0.29, 0.717) is 22.5 Å². The van der Waals surface area contributed by atoms with E-state index in [9.17, 15) is 0 Å². The van der Waals surface area contributed by atoms with E-state index in [2.05, 4.69) is 34.6 Å². The standard InChI is InChI=1S/C27H46O/c1-18(2)7-6-8-19(3)22-9-10-23-21-12-16-27-17-20(28-27)11-15-26(27,5)24(21)13-14-25(22,23)4/h18-24H,6-17H2,1-5H3/t19-,20-,21+,22+,23-,24+,25-,26-,27-/m1/s1. The van der Waals surface area contributed by atoms with Crippen LogP contribution in [-0.4, -0.2) is 11.7 Å². The molecular weight excluding hydrogens is 340 g/mol. The molecule has 160 valence electrons. The molecule has 4 aliphatic carbocycles. The molecule has 2 saturated heterocycles. The summed E-state index contributed by atoms with van der Waals surface area (Å²) in [4.78, 5) is 0. The van der Waals surface area contributed by atoms with Gasteiger partial charge in [0.2, 0.25) is 0 Å². The molecule has 0 radical (unpaired) electrons. The molecule has 2 aliphatic heterocycles. The maximum Gasteiger partial charge on any atom is 0.0767 e. The SMILES string of the molecule is CC(C)CCC[C@@H](C)[C@@H]1CC[C@@H]2[C@@H]3CC[C@@]45C[C@@H](CC[C@]4(C)[C@H]3CC[C@@]21C)O5. The molecule has 2 heterocycles. The molecule has 1 heteroatoms. The Labute approximate surface area is 174 Å². The quantitative estimate of drug-likeness (QED) is 0.472. The summed E-state index contributed by atoms with van der Waals surface area (Å²) >= 11 is 0. The first-order valence-corrected chi connectivity index (χ1v) is 13.0. The molecule has 0 aromatic heterocycles. The third-order valence-corrected chi connectivity index (χ3v) is 11.3. The zero-order valence-corrected chi connectivity index (χ0v) is 19.4. The average molecular weight is 387 g/mol. The average Bonchev–Trinajstić information content (AvgIpc) is 2.97. The topological polar surface area (TPSA) is 9.23 Å². The van der Waals surface area contributed by atoms with Crippen LogP contribution in [0, 0.1) is 46.3 Å². The summed E-state index contributed by atoms with van der Waals surface area (Å²) in [7, 11) is 0. The minimum absolute atomic E-state index is 0.299. The van der Waals surface area contributed by atoms with Crippen LogP contribution in [0.2, 0.25) is 0 Å². The number of hydrogen-bond donors (Lipinski definition) is 0. The van der Waals surface area contributed by atoms with E-state index in [-0.39, 0.29) is 0 Å². The van der Waals surface area contributed by atoms with Crippen molar-refractivity contribution in [2.75, 3.05) is 0 Å². The van der Waals surface area contributed by atoms with Crippen LogP contribution in [-0.2, 0) is 4.74 Å². The lowest BCUT2D eigenvalue weighted by molar-refractivity contribution is -0.336. The molecule has 0 N–H and O–H groups in total. The molecule has 9 atom stereocenters. The fourth-order valence-corrected chi connectivity index (χ4v) is 9.77. The van der Waals surface area contributed by atoms with Crippen molar-refractivity contribution in [3.8, 4) is 0 Å². The maximum absolute atomic E-state index is 6.58. The lowest BCUT2D eigenvalue weighted by atomic mass is 9.41. The first-order chi connectivity index (χ1) is 13.3. The van der Waals surface area contributed by atoms with Crippen LogP contribution in [0.15, 0.2) is 0 Å². The molecule has 6 rings (SSSR count). The van der Waals surface area contributed by atoms with E-state index in [1.54, 1.807) is 0 Å². The van der Waals surface area contributed by atoms with Crippen LogP contribution in [0.3, 0.4) is 0 Å². The van der Waals surface area contributed by atoms with Crippen molar-refractivity contribution in [1.29, 1.82) is 0 Å². The predicted molar refractivity (Wildman–Crippen MR) is 117 cm³/mol. The van der Waals surface area contributed by atoms with Gasteiger partial charge < -0.3 is 4.74 Å². The largest absolute Gasteiger partial charge is 0.371 e. The van der Waals surface area contributed by atoms with Gasteiger partial charge in [-0.2, -0.15) is 0 Å². The van der Waals surface area contributed by atoms with E-state index in [1.807, 2.05) is 0 Å². The summed E-state index contributed by atoms with van der Waals surface area (Å²) in [5, 5.41) is 0. The summed E-state index contributed by atoms with van der Waals surface area (Å²) in [6.45, 7) is 12.8. The second-order valence-electron chi connectivity index (χ2n) is 12.8. The van der Waals surface area contributed by atoms with Crippen molar-refractivity contribution in [3.63, 3.8) is 0 Å². The monoisotopic (exact) mass is 386 g/mol. The molecule has 28 heavy (non-hydrogen) atoms. The van der Waals surface area contributed by atoms with Gasteiger partial charge in [-0.15, -0.1) is 0 Å². The lowest BCUT2D eigenvalue weighted by Gasteiger charge is -2.70. The Balaban J connectivity index is 1.31. The van der Waals surface area contributed by atoms with Gasteiger partial charge in [0.15, 0.2) is 0 Å². The van der Waals surface area contributed by atoms with E-state index >= 15 is 0 Å². The van der Waals surface area contributed by atoms with Gasteiger partial charge in [-0.1, -0.05) is 53.9 Å². The maximum atomic E-state index is 6.58. The van der Waals surface area contributed by atoms with Gasteiger partial charge in [0.05, 0.1) is 11.7 Å². The summed E-state index contributed by atoms with van der Waals surface area (Å²) in [6.07, 6.45) is 18.1. The zero-order chi connectivity index (χ0) is 19.7. The summed E-state index contributed by atoms with van der Waals surface area (Å²) in [5.74, 6) is 5.76. The highest BCUT2D eigenvalue weighted by Crippen LogP contribution is 2.72. The number of hydrogen-bond acceptors (Lipinski definition) is 1. The molecule has 6 aliphatic rings. The summed E-state index contributed by atoms with van der Waals surface area (Å²) < 4.78 is 6.58. The van der Waals surface area contributed by atoms with E-state index < -0.39 is 0 Å². The van der Waals surface area contributed by atoms with Crippen LogP contribution in [0.1, 0.15) is 112 Å². The number of rotatable bonds is 5. The first kappa shape index (κ1) is 19.9. The van der Waals surface area contributed by atoms with Crippen LogP contribution in [0.25, 0.3) is 0 Å². The van der Waals surface area contributed by atoms with Crippen molar-refractivity contribution in [1.82, 2.24) is 0 Å². The van der Waals surface area contributed by atoms with E-state index in [0.717, 1.165) is 35.5 Å². The van der Waals surface area contributed by atoms with Gasteiger partial charge in [-0.05, 0) is 97.7 Å². The van der Waals surface area contributed by atoms with Crippen molar-refractivity contribution in [3.05, 3.63) is 0 Å². The third kappa shape index (κ3) is 2.66. The molecule has 6 fully saturated rings. The van der Waals surface area contributed by atoms with Crippen molar-refractivity contribution in [2.24, 2.45) is 46.3 Å². The fraction of sp³-hybridized carbons (Fsp3) is 1.00. The second-order valence-corrected chi connectivity index (χ2v) is 12.8. The van der Waals surface area contributed by atoms with Gasteiger partial charge >= 0.3 is 0 Å². The minimum Gasteiger partial charge on any atom is -0.371 e. The molecule has 1 nitrogen and oxygen atoms in total. The molecular formula is C27H46O. The Morgan fingerprint density at radius 2 is 1.64 bits per heavy atom. The Morgan fingerprint density at radius 1 is 0.857 bits per heavy atom. The fourth-order valence-electron chi connectivity index (χ4n) is 9.77. The third-order valence-electron chi connectivity index (χ3n) is 11.3. The molecule has 0 aromatic rings. The highest BCUT2D eigenvalue weighted by atomic mass is 16.5. The number of ether oxygens (including phenoxy) is 1. The predicted octanol–water partition coefficient (Wildman–Crippen LogP) is 7.63.